The lowest BCUT2D eigenvalue weighted by molar-refractivity contribution is 0.0911. The fourth-order valence-corrected chi connectivity index (χ4v) is 3.51. The van der Waals surface area contributed by atoms with Crippen LogP contribution < -0.4 is 9.62 Å². The first-order valence-electron chi connectivity index (χ1n) is 8.24. The molecule has 0 fully saturated rings. The van der Waals surface area contributed by atoms with Crippen molar-refractivity contribution in [2.24, 2.45) is 0 Å². The van der Waals surface area contributed by atoms with E-state index in [-0.39, 0.29) is 22.1 Å². The zero-order valence-electron chi connectivity index (χ0n) is 15.3. The predicted octanol–water partition coefficient (Wildman–Crippen LogP) is 3.57. The van der Waals surface area contributed by atoms with Crippen LogP contribution >= 0.6 is 0 Å². The van der Waals surface area contributed by atoms with E-state index >= 15 is 0 Å². The maximum Gasteiger partial charge on any atom is 0.264 e. The zero-order chi connectivity index (χ0) is 19.5. The molecular formula is C19H23FN2O3S. The monoisotopic (exact) mass is 378 g/mol. The number of hydrogen-bond acceptors (Lipinski definition) is 3. The molecular weight excluding hydrogens is 355 g/mol. The van der Waals surface area contributed by atoms with E-state index < -0.39 is 21.4 Å². The summed E-state index contributed by atoms with van der Waals surface area (Å²) in [5, 5.41) is 2.86. The molecule has 0 aliphatic rings. The van der Waals surface area contributed by atoms with Crippen molar-refractivity contribution < 1.29 is 17.6 Å². The minimum Gasteiger partial charge on any atom is -0.347 e. The summed E-state index contributed by atoms with van der Waals surface area (Å²) in [7, 11) is -2.73. The van der Waals surface area contributed by atoms with E-state index in [1.54, 1.807) is 12.1 Å². The Morgan fingerprint density at radius 1 is 1.15 bits per heavy atom. The van der Waals surface area contributed by atoms with Gasteiger partial charge in [0.2, 0.25) is 0 Å². The van der Waals surface area contributed by atoms with E-state index in [4.69, 9.17) is 0 Å². The van der Waals surface area contributed by atoms with Gasteiger partial charge in [-0.2, -0.15) is 0 Å². The van der Waals surface area contributed by atoms with Crippen molar-refractivity contribution in [3.8, 4) is 0 Å². The Labute approximate surface area is 153 Å². The maximum atomic E-state index is 13.9. The number of hydrogen-bond donors (Lipinski definition) is 1. The van der Waals surface area contributed by atoms with Gasteiger partial charge in [0.15, 0.2) is 0 Å². The van der Waals surface area contributed by atoms with E-state index in [1.165, 1.54) is 43.4 Å². The number of nitrogens with zero attached hydrogens (tertiary/aromatic N) is 1. The van der Waals surface area contributed by atoms with Crippen LogP contribution in [-0.4, -0.2) is 26.9 Å². The molecule has 0 unspecified atom stereocenters. The number of sulfonamides is 1. The van der Waals surface area contributed by atoms with Gasteiger partial charge in [-0.05, 0) is 50.6 Å². The standard InChI is InChI=1S/C19H23FN2O3S/c1-5-19(2,3)21-18(23)14-9-8-10-15(13-14)26(24,25)22(4)17-12-7-6-11-16(17)20/h6-13H,5H2,1-4H3,(H,21,23). The molecule has 0 heterocycles. The zero-order valence-corrected chi connectivity index (χ0v) is 16.1. The van der Waals surface area contributed by atoms with Crippen LogP contribution in [-0.2, 0) is 10.0 Å². The van der Waals surface area contributed by atoms with Crippen LogP contribution in [0.4, 0.5) is 10.1 Å². The number of nitrogens with one attached hydrogen (secondary N) is 1. The fourth-order valence-electron chi connectivity index (χ4n) is 2.26. The van der Waals surface area contributed by atoms with Gasteiger partial charge in [0, 0.05) is 18.2 Å². The molecule has 0 spiro atoms. The first-order chi connectivity index (χ1) is 12.1. The highest BCUT2D eigenvalue weighted by Crippen LogP contribution is 2.25. The van der Waals surface area contributed by atoms with Gasteiger partial charge in [0.05, 0.1) is 10.6 Å². The Bertz CT molecular complexity index is 911. The molecule has 5 nitrogen and oxygen atoms in total. The minimum atomic E-state index is -4.01. The molecule has 0 aromatic heterocycles. The van der Waals surface area contributed by atoms with Crippen LogP contribution in [0.3, 0.4) is 0 Å². The average Bonchev–Trinajstić information content (AvgIpc) is 2.61. The van der Waals surface area contributed by atoms with Gasteiger partial charge >= 0.3 is 0 Å². The van der Waals surface area contributed by atoms with Crippen LogP contribution in [0.5, 0.6) is 0 Å². The second-order valence-corrected chi connectivity index (χ2v) is 8.61. The van der Waals surface area contributed by atoms with E-state index in [2.05, 4.69) is 5.32 Å². The minimum absolute atomic E-state index is 0.0607. The normalized spacial score (nSPS) is 11.9. The summed E-state index contributed by atoms with van der Waals surface area (Å²) in [4.78, 5) is 12.3. The Kier molecular flexibility index (Phi) is 5.71. The van der Waals surface area contributed by atoms with Crippen LogP contribution in [0, 0.1) is 5.82 Å². The molecule has 26 heavy (non-hydrogen) atoms. The van der Waals surface area contributed by atoms with Gasteiger partial charge < -0.3 is 5.32 Å². The number of amides is 1. The molecule has 2 aromatic carbocycles. The second kappa shape index (κ2) is 7.45. The summed E-state index contributed by atoms with van der Waals surface area (Å²) in [5.41, 5.74) is -0.236. The average molecular weight is 378 g/mol. The number of anilines is 1. The highest BCUT2D eigenvalue weighted by molar-refractivity contribution is 7.92. The highest BCUT2D eigenvalue weighted by atomic mass is 32.2. The van der Waals surface area contributed by atoms with E-state index in [1.807, 2.05) is 20.8 Å². The molecule has 2 aromatic rings. The van der Waals surface area contributed by atoms with Crippen molar-refractivity contribution in [3.05, 3.63) is 59.9 Å². The quantitative estimate of drug-likeness (QED) is 0.836. The third-order valence-corrected chi connectivity index (χ3v) is 6.05. The van der Waals surface area contributed by atoms with Gasteiger partial charge in [-0.25, -0.2) is 12.8 Å². The molecule has 0 aliphatic heterocycles. The smallest absolute Gasteiger partial charge is 0.264 e. The topological polar surface area (TPSA) is 66.5 Å². The highest BCUT2D eigenvalue weighted by Gasteiger charge is 2.25. The van der Waals surface area contributed by atoms with E-state index in [0.717, 1.165) is 10.7 Å². The van der Waals surface area contributed by atoms with Crippen molar-refractivity contribution in [3.63, 3.8) is 0 Å². The fraction of sp³-hybridized carbons (Fsp3) is 0.316. The third kappa shape index (κ3) is 4.22. The summed E-state index contributed by atoms with van der Waals surface area (Å²) in [6.07, 6.45) is 0.729. The number of carbonyl (C=O) groups excluding carboxylic acids is 1. The molecule has 2 rings (SSSR count). The number of para-hydroxylation sites is 1. The molecule has 0 atom stereocenters. The van der Waals surface area contributed by atoms with Crippen molar-refractivity contribution in [1.29, 1.82) is 0 Å². The van der Waals surface area contributed by atoms with Crippen LogP contribution in [0.2, 0.25) is 0 Å². The Morgan fingerprint density at radius 3 is 2.42 bits per heavy atom. The van der Waals surface area contributed by atoms with Gasteiger partial charge in [0.25, 0.3) is 15.9 Å². The van der Waals surface area contributed by atoms with Crippen LogP contribution in [0.15, 0.2) is 53.4 Å². The Morgan fingerprint density at radius 2 is 1.81 bits per heavy atom. The summed E-state index contributed by atoms with van der Waals surface area (Å²) >= 11 is 0. The first-order valence-corrected chi connectivity index (χ1v) is 9.68. The maximum absolute atomic E-state index is 13.9. The number of carbonyl (C=O) groups is 1. The lowest BCUT2D eigenvalue weighted by Crippen LogP contribution is -2.42. The van der Waals surface area contributed by atoms with Gasteiger partial charge in [-0.3, -0.25) is 9.10 Å². The largest absolute Gasteiger partial charge is 0.347 e. The van der Waals surface area contributed by atoms with Crippen molar-refractivity contribution in [2.45, 2.75) is 37.6 Å². The summed E-state index contributed by atoms with van der Waals surface area (Å²) < 4.78 is 40.5. The third-order valence-electron chi connectivity index (χ3n) is 4.28. The van der Waals surface area contributed by atoms with Gasteiger partial charge in [0.1, 0.15) is 5.82 Å². The van der Waals surface area contributed by atoms with Gasteiger partial charge in [-0.15, -0.1) is 0 Å². The molecule has 1 N–H and O–H groups in total. The lowest BCUT2D eigenvalue weighted by Gasteiger charge is -2.25. The lowest BCUT2D eigenvalue weighted by atomic mass is 10.0. The summed E-state index contributed by atoms with van der Waals surface area (Å²) in [6, 6.07) is 11.3. The van der Waals surface area contributed by atoms with Crippen molar-refractivity contribution in [2.75, 3.05) is 11.4 Å². The number of halogens is 1. The number of rotatable bonds is 6. The Balaban J connectivity index is 2.37. The molecule has 140 valence electrons. The van der Waals surface area contributed by atoms with Crippen LogP contribution in [0.1, 0.15) is 37.6 Å². The summed E-state index contributed by atoms with van der Waals surface area (Å²) in [5.74, 6) is -1.00. The van der Waals surface area contributed by atoms with Crippen LogP contribution in [0.25, 0.3) is 0 Å². The van der Waals surface area contributed by atoms with E-state index in [9.17, 15) is 17.6 Å². The predicted molar refractivity (Wildman–Crippen MR) is 100 cm³/mol. The SMILES string of the molecule is CCC(C)(C)NC(=O)c1cccc(S(=O)(=O)N(C)c2ccccc2F)c1. The van der Waals surface area contributed by atoms with Gasteiger partial charge in [-0.1, -0.05) is 25.1 Å². The molecule has 7 heteroatoms. The molecule has 1 amide bonds. The van der Waals surface area contributed by atoms with Crippen molar-refractivity contribution >= 4 is 21.6 Å². The Hall–Kier alpha value is -2.41. The van der Waals surface area contributed by atoms with E-state index in [0.29, 0.717) is 0 Å². The molecule has 0 radical (unpaired) electrons. The second-order valence-electron chi connectivity index (χ2n) is 6.64. The summed E-state index contributed by atoms with van der Waals surface area (Å²) in [6.45, 7) is 5.72. The van der Waals surface area contributed by atoms with Crippen molar-refractivity contribution in [1.82, 2.24) is 5.32 Å². The molecule has 0 bridgehead atoms. The first kappa shape index (κ1) is 19.9. The molecule has 0 saturated heterocycles. The molecule has 0 aliphatic carbocycles. The number of benzene rings is 2. The molecule has 0 saturated carbocycles.